The molecule has 6 nitrogen and oxygen atoms in total. The molecule has 0 bridgehead atoms. The zero-order valence-electron chi connectivity index (χ0n) is 19.6. The van der Waals surface area contributed by atoms with Gasteiger partial charge in [-0.05, 0) is 54.7 Å². The van der Waals surface area contributed by atoms with Crippen LogP contribution in [0.4, 0.5) is 0 Å². The lowest BCUT2D eigenvalue weighted by atomic mass is 9.67. The Morgan fingerprint density at radius 1 is 1.09 bits per heavy atom. The highest BCUT2D eigenvalue weighted by Crippen LogP contribution is 2.52. The second kappa shape index (κ2) is 9.96. The maximum absolute atomic E-state index is 14.2. The van der Waals surface area contributed by atoms with Crippen molar-refractivity contribution in [1.29, 1.82) is 0 Å². The Morgan fingerprint density at radius 2 is 1.79 bits per heavy atom. The van der Waals surface area contributed by atoms with Gasteiger partial charge in [-0.25, -0.2) is 9.89 Å². The fourth-order valence-electron chi connectivity index (χ4n) is 5.30. The maximum atomic E-state index is 14.2. The summed E-state index contributed by atoms with van der Waals surface area (Å²) >= 11 is 12.6. The number of halogens is 2. The average molecular weight is 502 g/mol. The third kappa shape index (κ3) is 4.80. The number of nitrogens with zero attached hydrogens (tertiary/aromatic N) is 2. The fraction of sp³-hybridized carbons (Fsp3) is 0.423. The van der Waals surface area contributed by atoms with Gasteiger partial charge in [0.15, 0.2) is 0 Å². The van der Waals surface area contributed by atoms with Crippen LogP contribution in [0, 0.1) is 5.41 Å². The first-order valence-electron chi connectivity index (χ1n) is 11.6. The largest absolute Gasteiger partial charge is 0.434 e. The average Bonchev–Trinajstić information content (AvgIpc) is 3.22. The summed E-state index contributed by atoms with van der Waals surface area (Å²) in [5.41, 5.74) is 1.28. The Balaban J connectivity index is 1.88. The van der Waals surface area contributed by atoms with E-state index in [2.05, 4.69) is 30.1 Å². The lowest BCUT2D eigenvalue weighted by Crippen LogP contribution is -2.56. The van der Waals surface area contributed by atoms with Crippen molar-refractivity contribution in [3.63, 3.8) is 0 Å². The molecule has 8 heteroatoms. The van der Waals surface area contributed by atoms with Gasteiger partial charge in [0.1, 0.15) is 0 Å². The van der Waals surface area contributed by atoms with Crippen LogP contribution in [-0.4, -0.2) is 27.0 Å². The summed E-state index contributed by atoms with van der Waals surface area (Å²) in [6.07, 6.45) is 2.42. The van der Waals surface area contributed by atoms with E-state index in [9.17, 15) is 9.59 Å². The van der Waals surface area contributed by atoms with Crippen LogP contribution in [0.15, 0.2) is 57.7 Å². The van der Waals surface area contributed by atoms with Crippen molar-refractivity contribution in [3.05, 3.63) is 86.1 Å². The first-order valence-corrected chi connectivity index (χ1v) is 12.4. The zero-order chi connectivity index (χ0) is 24.5. The molecule has 0 saturated carbocycles. The summed E-state index contributed by atoms with van der Waals surface area (Å²) in [6.45, 7) is 6.15. The number of hydrogen-bond donors (Lipinski definition) is 1. The summed E-state index contributed by atoms with van der Waals surface area (Å²) in [5, 5.41) is 7.60. The van der Waals surface area contributed by atoms with Crippen LogP contribution in [0.3, 0.4) is 0 Å². The van der Waals surface area contributed by atoms with E-state index < -0.39 is 11.2 Å². The molecule has 1 amide bonds. The van der Waals surface area contributed by atoms with Gasteiger partial charge >= 0.3 is 5.76 Å². The van der Waals surface area contributed by atoms with E-state index in [0.29, 0.717) is 16.5 Å². The third-order valence-corrected chi connectivity index (χ3v) is 7.44. The minimum Gasteiger partial charge on any atom is -0.392 e. The second-order valence-corrected chi connectivity index (χ2v) is 10.2. The molecule has 0 spiro atoms. The summed E-state index contributed by atoms with van der Waals surface area (Å²) < 4.78 is 5.20. The second-order valence-electron chi connectivity index (χ2n) is 9.29. The van der Waals surface area contributed by atoms with Crippen LogP contribution in [0.25, 0.3) is 0 Å². The molecule has 1 aromatic heterocycles. The molecule has 0 unspecified atom stereocenters. The van der Waals surface area contributed by atoms with Crippen molar-refractivity contribution in [2.45, 2.75) is 64.5 Å². The lowest BCUT2D eigenvalue weighted by Gasteiger charge is -2.52. The Kier molecular flexibility index (Phi) is 7.20. The number of H-pyrrole nitrogens is 1. The van der Waals surface area contributed by atoms with Crippen molar-refractivity contribution in [2.24, 2.45) is 5.41 Å². The number of benzene rings is 2. The van der Waals surface area contributed by atoms with Gasteiger partial charge in [-0.15, -0.1) is 5.10 Å². The number of rotatable bonds is 7. The molecule has 4 rings (SSSR count). The van der Waals surface area contributed by atoms with E-state index in [1.54, 1.807) is 0 Å². The fourth-order valence-corrected chi connectivity index (χ4v) is 5.62. The Bertz CT molecular complexity index is 1200. The number of hydrogen-bond acceptors (Lipinski definition) is 4. The van der Waals surface area contributed by atoms with Gasteiger partial charge in [-0.1, -0.05) is 68.2 Å². The quantitative estimate of drug-likeness (QED) is 0.420. The number of amides is 1. The van der Waals surface area contributed by atoms with Gasteiger partial charge < -0.3 is 9.32 Å². The summed E-state index contributed by atoms with van der Waals surface area (Å²) in [4.78, 5) is 27.8. The number of aromatic nitrogens is 2. The number of likely N-dealkylation sites (tertiary alicyclic amines) is 1. The minimum atomic E-state index is -0.816. The van der Waals surface area contributed by atoms with E-state index in [-0.39, 0.29) is 36.2 Å². The molecule has 1 aliphatic heterocycles. The van der Waals surface area contributed by atoms with Crippen LogP contribution in [-0.2, 0) is 11.2 Å². The van der Waals surface area contributed by atoms with E-state index in [1.807, 2.05) is 54.3 Å². The zero-order valence-corrected chi connectivity index (χ0v) is 21.1. The Hall–Kier alpha value is -2.57. The van der Waals surface area contributed by atoms with Crippen LogP contribution in [0.1, 0.15) is 69.0 Å². The first kappa shape index (κ1) is 24.6. The van der Waals surface area contributed by atoms with E-state index in [4.69, 9.17) is 27.6 Å². The molecule has 1 N–H and O–H groups in total. The van der Waals surface area contributed by atoms with Crippen LogP contribution in [0.5, 0.6) is 0 Å². The van der Waals surface area contributed by atoms with Gasteiger partial charge in [0.05, 0.1) is 11.5 Å². The van der Waals surface area contributed by atoms with Gasteiger partial charge in [-0.3, -0.25) is 4.79 Å². The first-order chi connectivity index (χ1) is 16.3. The number of carbonyl (C=O) groups excluding carboxylic acids is 1. The predicted octanol–water partition coefficient (Wildman–Crippen LogP) is 6.16. The third-order valence-electron chi connectivity index (χ3n) is 6.95. The van der Waals surface area contributed by atoms with Crippen LogP contribution < -0.4 is 5.76 Å². The molecule has 1 aliphatic rings. The van der Waals surface area contributed by atoms with Gasteiger partial charge in [-0.2, -0.15) is 0 Å². The normalized spacial score (nSPS) is 23.0. The topological polar surface area (TPSA) is 79.2 Å². The van der Waals surface area contributed by atoms with Crippen molar-refractivity contribution >= 4 is 29.1 Å². The van der Waals surface area contributed by atoms with Crippen molar-refractivity contribution < 1.29 is 9.21 Å². The van der Waals surface area contributed by atoms with Gasteiger partial charge in [0.25, 0.3) is 0 Å². The summed E-state index contributed by atoms with van der Waals surface area (Å²) in [7, 11) is 0. The molecule has 3 aromatic rings. The van der Waals surface area contributed by atoms with Gasteiger partial charge in [0.2, 0.25) is 11.8 Å². The smallest absolute Gasteiger partial charge is 0.392 e. The van der Waals surface area contributed by atoms with E-state index in [1.165, 1.54) is 0 Å². The predicted molar refractivity (Wildman–Crippen MR) is 133 cm³/mol. The van der Waals surface area contributed by atoms with Crippen LogP contribution >= 0.6 is 23.2 Å². The van der Waals surface area contributed by atoms with Gasteiger partial charge in [0, 0.05) is 28.4 Å². The maximum Gasteiger partial charge on any atom is 0.434 e. The molecular weight excluding hydrogens is 473 g/mol. The highest BCUT2D eigenvalue weighted by atomic mass is 35.5. The highest BCUT2D eigenvalue weighted by molar-refractivity contribution is 6.30. The number of aromatic amines is 1. The molecule has 2 aromatic carbocycles. The number of piperidine rings is 1. The number of carbonyl (C=O) groups is 1. The van der Waals surface area contributed by atoms with Crippen molar-refractivity contribution in [2.75, 3.05) is 0 Å². The highest BCUT2D eigenvalue weighted by Gasteiger charge is 2.51. The molecule has 0 aliphatic carbocycles. The lowest BCUT2D eigenvalue weighted by molar-refractivity contribution is -0.155. The number of nitrogens with one attached hydrogen (secondary N) is 1. The standard InChI is InChI=1S/C26H29Cl2N3O3/c1-4-20(5-2)31-23(16-9-11-18(27)12-10-16)21(17-7-6-8-19(28)13-17)14-26(3,24(31)32)15-22-29-30-25(33)34-22/h6-13,20-21,23H,4-5,14-15H2,1-3H3,(H,30,33)/t21-,23-,26+/m1/s1. The van der Waals surface area contributed by atoms with E-state index in [0.717, 1.165) is 24.0 Å². The minimum absolute atomic E-state index is 0.0325. The molecule has 3 atom stereocenters. The SMILES string of the molecule is CCC(CC)N1C(=O)[C@](C)(Cc2n[nH]c(=O)o2)C[C@H](c2cccc(Cl)c2)[C@H]1c1ccc(Cl)cc1. The molecule has 1 saturated heterocycles. The molecule has 0 radical (unpaired) electrons. The molecule has 34 heavy (non-hydrogen) atoms. The Labute approximate surface area is 209 Å². The molecule has 180 valence electrons. The molecule has 1 fully saturated rings. The molecular formula is C26H29Cl2N3O3. The molecule has 2 heterocycles. The van der Waals surface area contributed by atoms with Crippen LogP contribution in [0.2, 0.25) is 10.0 Å². The van der Waals surface area contributed by atoms with E-state index >= 15 is 0 Å². The summed E-state index contributed by atoms with van der Waals surface area (Å²) in [6, 6.07) is 15.4. The summed E-state index contributed by atoms with van der Waals surface area (Å²) in [5.74, 6) is -0.386. The monoisotopic (exact) mass is 501 g/mol. The van der Waals surface area contributed by atoms with Crippen molar-refractivity contribution in [1.82, 2.24) is 15.1 Å². The Morgan fingerprint density at radius 3 is 2.38 bits per heavy atom. The van der Waals surface area contributed by atoms with Crippen molar-refractivity contribution in [3.8, 4) is 0 Å².